The number of methoxy groups -OCH3 is 2. The van der Waals surface area contributed by atoms with Gasteiger partial charge < -0.3 is 20.2 Å². The number of H-pyrrole nitrogens is 1. The minimum atomic E-state index is 0.695. The van der Waals surface area contributed by atoms with Crippen LogP contribution in [0.25, 0.3) is 22.2 Å². The molecule has 0 unspecified atom stereocenters. The van der Waals surface area contributed by atoms with Crippen molar-refractivity contribution in [1.82, 2.24) is 4.98 Å². The maximum Gasteiger partial charge on any atom is 0.128 e. The van der Waals surface area contributed by atoms with Crippen LogP contribution in [-0.2, 0) is 6.42 Å². The molecule has 5 heteroatoms. The van der Waals surface area contributed by atoms with Crippen LogP contribution in [0.1, 0.15) is 18.4 Å². The molecule has 0 fully saturated rings. The number of fused-ring (bicyclic) bond motifs is 1. The summed E-state index contributed by atoms with van der Waals surface area (Å²) < 4.78 is 11.0. The molecule has 0 aliphatic heterocycles. The van der Waals surface area contributed by atoms with Gasteiger partial charge in [0, 0.05) is 21.5 Å². The summed E-state index contributed by atoms with van der Waals surface area (Å²) in [4.78, 5) is 3.54. The Hall–Kier alpha value is -2.17. The number of rotatable bonds is 7. The van der Waals surface area contributed by atoms with Crippen LogP contribution in [0.5, 0.6) is 11.5 Å². The van der Waals surface area contributed by atoms with Crippen LogP contribution in [0.3, 0.4) is 0 Å². The number of nitrogens with two attached hydrogens (primary N) is 1. The smallest absolute Gasteiger partial charge is 0.128 e. The number of ether oxygens (including phenoxy) is 2. The van der Waals surface area contributed by atoms with Crippen LogP contribution >= 0.6 is 11.6 Å². The molecule has 0 aliphatic carbocycles. The second kappa shape index (κ2) is 7.81. The van der Waals surface area contributed by atoms with E-state index in [0.29, 0.717) is 6.54 Å². The fraction of sp³-hybridized carbons (Fsp3) is 0.300. The molecule has 3 N–H and O–H groups in total. The van der Waals surface area contributed by atoms with Gasteiger partial charge in [-0.25, -0.2) is 0 Å². The predicted octanol–water partition coefficient (Wildman–Crippen LogP) is 4.79. The second-order valence-corrected chi connectivity index (χ2v) is 6.42. The van der Waals surface area contributed by atoms with Crippen LogP contribution < -0.4 is 15.2 Å². The zero-order chi connectivity index (χ0) is 17.8. The Bertz CT molecular complexity index is 874. The summed E-state index contributed by atoms with van der Waals surface area (Å²) in [6, 6.07) is 11.8. The van der Waals surface area contributed by atoms with Gasteiger partial charge in [-0.3, -0.25) is 0 Å². The number of hydrogen-bond donors (Lipinski definition) is 2. The van der Waals surface area contributed by atoms with Gasteiger partial charge in [-0.1, -0.05) is 11.6 Å². The summed E-state index contributed by atoms with van der Waals surface area (Å²) >= 11 is 6.23. The molecule has 132 valence electrons. The van der Waals surface area contributed by atoms with Crippen molar-refractivity contribution in [3.63, 3.8) is 0 Å². The first-order chi connectivity index (χ1) is 12.2. The van der Waals surface area contributed by atoms with Crippen LogP contribution in [0, 0.1) is 0 Å². The third kappa shape index (κ3) is 3.60. The SMILES string of the molecule is COc1ccc(OC)c(-c2[nH]c3ccc(Cl)cc3c2CCCCN)c1. The van der Waals surface area contributed by atoms with Crippen LogP contribution in [0.15, 0.2) is 36.4 Å². The van der Waals surface area contributed by atoms with E-state index in [-0.39, 0.29) is 0 Å². The average molecular weight is 359 g/mol. The lowest BCUT2D eigenvalue weighted by Crippen LogP contribution is -1.99. The predicted molar refractivity (Wildman–Crippen MR) is 104 cm³/mol. The number of halogens is 1. The summed E-state index contributed by atoms with van der Waals surface area (Å²) in [5.74, 6) is 1.60. The average Bonchev–Trinajstić information content (AvgIpc) is 2.99. The van der Waals surface area contributed by atoms with Gasteiger partial charge in [0.05, 0.1) is 19.9 Å². The molecule has 4 nitrogen and oxygen atoms in total. The van der Waals surface area contributed by atoms with E-state index >= 15 is 0 Å². The first-order valence-electron chi connectivity index (χ1n) is 8.40. The number of nitrogens with one attached hydrogen (secondary N) is 1. The fourth-order valence-electron chi connectivity index (χ4n) is 3.17. The number of aromatic amines is 1. The number of aryl methyl sites for hydroxylation is 1. The molecule has 25 heavy (non-hydrogen) atoms. The van der Waals surface area contributed by atoms with Crippen molar-refractivity contribution >= 4 is 22.5 Å². The lowest BCUT2D eigenvalue weighted by atomic mass is 9.99. The highest BCUT2D eigenvalue weighted by Gasteiger charge is 2.17. The van der Waals surface area contributed by atoms with Crippen LogP contribution in [0.2, 0.25) is 5.02 Å². The molecule has 3 aromatic rings. The highest BCUT2D eigenvalue weighted by atomic mass is 35.5. The normalized spacial score (nSPS) is 11.0. The van der Waals surface area contributed by atoms with Gasteiger partial charge in [0.25, 0.3) is 0 Å². The van der Waals surface area contributed by atoms with E-state index in [0.717, 1.165) is 57.9 Å². The maximum absolute atomic E-state index is 6.23. The van der Waals surface area contributed by atoms with Crippen molar-refractivity contribution in [2.75, 3.05) is 20.8 Å². The minimum Gasteiger partial charge on any atom is -0.497 e. The zero-order valence-corrected chi connectivity index (χ0v) is 15.3. The van der Waals surface area contributed by atoms with Gasteiger partial charge in [-0.15, -0.1) is 0 Å². The second-order valence-electron chi connectivity index (χ2n) is 5.98. The van der Waals surface area contributed by atoms with E-state index in [1.807, 2.05) is 36.4 Å². The highest BCUT2D eigenvalue weighted by Crippen LogP contribution is 2.39. The fourth-order valence-corrected chi connectivity index (χ4v) is 3.34. The summed E-state index contributed by atoms with van der Waals surface area (Å²) in [7, 11) is 3.34. The maximum atomic E-state index is 6.23. The van der Waals surface area contributed by atoms with Crippen molar-refractivity contribution in [1.29, 1.82) is 0 Å². The molecule has 0 spiro atoms. The molecule has 3 rings (SSSR count). The minimum absolute atomic E-state index is 0.695. The molecule has 2 aromatic carbocycles. The van der Waals surface area contributed by atoms with E-state index < -0.39 is 0 Å². The van der Waals surface area contributed by atoms with Gasteiger partial charge in [-0.2, -0.15) is 0 Å². The van der Waals surface area contributed by atoms with E-state index in [1.54, 1.807) is 14.2 Å². The third-order valence-electron chi connectivity index (χ3n) is 4.43. The molecule has 1 aromatic heterocycles. The molecule has 0 radical (unpaired) electrons. The summed E-state index contributed by atoms with van der Waals surface area (Å²) in [5, 5.41) is 1.88. The van der Waals surface area contributed by atoms with Crippen molar-refractivity contribution in [3.05, 3.63) is 47.0 Å². The number of hydrogen-bond acceptors (Lipinski definition) is 3. The zero-order valence-electron chi connectivity index (χ0n) is 14.6. The van der Waals surface area contributed by atoms with E-state index in [4.69, 9.17) is 26.8 Å². The molecule has 0 saturated carbocycles. The Balaban J connectivity index is 2.19. The number of unbranched alkanes of at least 4 members (excludes halogenated alkanes) is 1. The summed E-state index contributed by atoms with van der Waals surface area (Å²) in [6.07, 6.45) is 2.93. The molecule has 0 bridgehead atoms. The quantitative estimate of drug-likeness (QED) is 0.597. The van der Waals surface area contributed by atoms with Crippen LogP contribution in [-0.4, -0.2) is 25.7 Å². The Morgan fingerprint density at radius 3 is 2.60 bits per heavy atom. The molecular formula is C20H23ClN2O2. The first-order valence-corrected chi connectivity index (χ1v) is 8.78. The monoisotopic (exact) mass is 358 g/mol. The Morgan fingerprint density at radius 1 is 1.04 bits per heavy atom. The highest BCUT2D eigenvalue weighted by molar-refractivity contribution is 6.31. The largest absolute Gasteiger partial charge is 0.497 e. The Labute approximate surface area is 152 Å². The summed E-state index contributed by atoms with van der Waals surface area (Å²) in [6.45, 7) is 0.695. The molecule has 0 atom stereocenters. The Kier molecular flexibility index (Phi) is 5.51. The topological polar surface area (TPSA) is 60.3 Å². The van der Waals surface area contributed by atoms with Crippen LogP contribution in [0.4, 0.5) is 0 Å². The molecule has 0 amide bonds. The van der Waals surface area contributed by atoms with E-state index in [2.05, 4.69) is 4.98 Å². The van der Waals surface area contributed by atoms with Crippen molar-refractivity contribution in [2.24, 2.45) is 5.73 Å². The Morgan fingerprint density at radius 2 is 1.88 bits per heavy atom. The molecule has 0 aliphatic rings. The third-order valence-corrected chi connectivity index (χ3v) is 4.66. The lowest BCUT2D eigenvalue weighted by molar-refractivity contribution is 0.404. The molecule has 1 heterocycles. The van der Waals surface area contributed by atoms with E-state index in [9.17, 15) is 0 Å². The lowest BCUT2D eigenvalue weighted by Gasteiger charge is -2.12. The van der Waals surface area contributed by atoms with E-state index in [1.165, 1.54) is 5.56 Å². The summed E-state index contributed by atoms with van der Waals surface area (Å²) in [5.41, 5.74) is 10.00. The number of benzene rings is 2. The first kappa shape index (κ1) is 17.6. The molecular weight excluding hydrogens is 336 g/mol. The van der Waals surface area contributed by atoms with Crippen molar-refractivity contribution in [3.8, 4) is 22.8 Å². The van der Waals surface area contributed by atoms with Gasteiger partial charge in [0.2, 0.25) is 0 Å². The van der Waals surface area contributed by atoms with Gasteiger partial charge >= 0.3 is 0 Å². The van der Waals surface area contributed by atoms with Gasteiger partial charge in [-0.05, 0) is 67.8 Å². The van der Waals surface area contributed by atoms with Crippen molar-refractivity contribution in [2.45, 2.75) is 19.3 Å². The van der Waals surface area contributed by atoms with Crippen molar-refractivity contribution < 1.29 is 9.47 Å². The number of aromatic nitrogens is 1. The van der Waals surface area contributed by atoms with Gasteiger partial charge in [0.1, 0.15) is 11.5 Å². The van der Waals surface area contributed by atoms with Gasteiger partial charge in [0.15, 0.2) is 0 Å². The molecule has 0 saturated heterocycles. The standard InChI is InChI=1S/C20H23ClN2O2/c1-24-14-7-9-19(25-2)17(12-14)20-15(5-3-4-10-22)16-11-13(21)6-8-18(16)23-20/h6-9,11-12,23H,3-5,10,22H2,1-2H3.